The van der Waals surface area contributed by atoms with Gasteiger partial charge in [0.1, 0.15) is 11.3 Å². The molecule has 9 nitrogen and oxygen atoms in total. The first-order chi connectivity index (χ1) is 17.4. The van der Waals surface area contributed by atoms with Crippen molar-refractivity contribution >= 4 is 28.4 Å². The average molecular weight is 495 g/mol. The van der Waals surface area contributed by atoms with Crippen molar-refractivity contribution in [1.82, 2.24) is 14.5 Å². The van der Waals surface area contributed by atoms with Crippen LogP contribution in [0.3, 0.4) is 0 Å². The number of nitrogens with one attached hydrogen (secondary N) is 1. The van der Waals surface area contributed by atoms with Gasteiger partial charge in [-0.15, -0.1) is 0 Å². The molecule has 11 heteroatoms. The molecule has 3 aromatic heterocycles. The van der Waals surface area contributed by atoms with E-state index in [4.69, 9.17) is 9.47 Å². The number of amides is 2. The summed E-state index contributed by atoms with van der Waals surface area (Å²) in [4.78, 5) is 35.8. The van der Waals surface area contributed by atoms with E-state index >= 15 is 8.78 Å². The number of methoxy groups -OCH3 is 2. The fourth-order valence-corrected chi connectivity index (χ4v) is 4.51. The summed E-state index contributed by atoms with van der Waals surface area (Å²) in [7, 11) is 2.50. The Bertz CT molecular complexity index is 1520. The van der Waals surface area contributed by atoms with Gasteiger partial charge in [0.15, 0.2) is 23.1 Å². The predicted octanol–water partition coefficient (Wildman–Crippen LogP) is 4.03. The minimum atomic E-state index is -1.00. The van der Waals surface area contributed by atoms with Crippen molar-refractivity contribution in [2.75, 3.05) is 30.6 Å². The fraction of sp³-hybridized carbons (Fsp3) is 0.240. The second kappa shape index (κ2) is 8.99. The summed E-state index contributed by atoms with van der Waals surface area (Å²) in [6.45, 7) is 2.19. The molecule has 0 spiro atoms. The first kappa shape index (κ1) is 23.3. The van der Waals surface area contributed by atoms with Gasteiger partial charge in [-0.25, -0.2) is 18.6 Å². The van der Waals surface area contributed by atoms with Crippen LogP contribution in [0, 0.1) is 11.6 Å². The monoisotopic (exact) mass is 495 g/mol. The number of fused-ring (bicyclic) bond motifs is 3. The van der Waals surface area contributed by atoms with E-state index in [0.29, 0.717) is 22.3 Å². The van der Waals surface area contributed by atoms with Crippen LogP contribution in [0.15, 0.2) is 47.5 Å². The van der Waals surface area contributed by atoms with Gasteiger partial charge in [-0.1, -0.05) is 6.07 Å². The zero-order valence-electron chi connectivity index (χ0n) is 19.8. The van der Waals surface area contributed by atoms with Gasteiger partial charge in [0.2, 0.25) is 0 Å². The van der Waals surface area contributed by atoms with Gasteiger partial charge in [-0.3, -0.25) is 14.6 Å². The zero-order chi connectivity index (χ0) is 25.6. The largest absolute Gasteiger partial charge is 0.493 e. The lowest BCUT2D eigenvalue weighted by Crippen LogP contribution is -2.48. The smallest absolute Gasteiger partial charge is 0.329 e. The van der Waals surface area contributed by atoms with Crippen molar-refractivity contribution < 1.29 is 23.0 Å². The maximum Gasteiger partial charge on any atom is 0.329 e. The first-order valence-electron chi connectivity index (χ1n) is 11.2. The third kappa shape index (κ3) is 3.63. The summed E-state index contributed by atoms with van der Waals surface area (Å²) in [5.74, 6) is -2.50. The summed E-state index contributed by atoms with van der Waals surface area (Å²) in [5.41, 5.74) is 1.76. The minimum Gasteiger partial charge on any atom is -0.493 e. The SMILES string of the molecule is CCN1C(=O)N(c2c(F)c(OC)cc(OC)c2F)Cc2cnc3[nH]c(Cn4ccccc4=O)cc3c21. The highest BCUT2D eigenvalue weighted by Crippen LogP contribution is 2.42. The van der Waals surface area contributed by atoms with Gasteiger partial charge in [-0.2, -0.15) is 0 Å². The number of aromatic amines is 1. The van der Waals surface area contributed by atoms with E-state index in [2.05, 4.69) is 9.97 Å². The van der Waals surface area contributed by atoms with Gasteiger partial charge in [0.25, 0.3) is 5.56 Å². The van der Waals surface area contributed by atoms with E-state index in [1.54, 1.807) is 36.0 Å². The number of halogens is 2. The highest BCUT2D eigenvalue weighted by molar-refractivity contribution is 6.11. The normalized spacial score (nSPS) is 13.3. The molecule has 2 amide bonds. The van der Waals surface area contributed by atoms with Crippen molar-refractivity contribution in [2.45, 2.75) is 20.0 Å². The van der Waals surface area contributed by atoms with Gasteiger partial charge in [0, 0.05) is 47.7 Å². The number of aromatic nitrogens is 3. The van der Waals surface area contributed by atoms with Gasteiger partial charge in [0.05, 0.1) is 33.0 Å². The average Bonchev–Trinajstić information content (AvgIpc) is 3.29. The number of hydrogen-bond donors (Lipinski definition) is 1. The summed E-state index contributed by atoms with van der Waals surface area (Å²) in [5, 5.41) is 0.672. The first-order valence-corrected chi connectivity index (χ1v) is 11.2. The van der Waals surface area contributed by atoms with Crippen molar-refractivity contribution in [3.05, 3.63) is 76.0 Å². The fourth-order valence-electron chi connectivity index (χ4n) is 4.51. The van der Waals surface area contributed by atoms with E-state index in [1.165, 1.54) is 25.2 Å². The molecule has 4 heterocycles. The lowest BCUT2D eigenvalue weighted by atomic mass is 10.1. The molecular weight excluding hydrogens is 472 g/mol. The van der Waals surface area contributed by atoms with E-state index in [9.17, 15) is 9.59 Å². The Hall–Kier alpha value is -4.41. The molecule has 1 aliphatic heterocycles. The molecule has 0 aliphatic carbocycles. The van der Waals surface area contributed by atoms with Crippen LogP contribution in [0.2, 0.25) is 0 Å². The molecule has 4 aromatic rings. The van der Waals surface area contributed by atoms with Gasteiger partial charge < -0.3 is 19.0 Å². The molecule has 186 valence electrons. The number of urea groups is 1. The molecule has 0 unspecified atom stereocenters. The molecule has 0 atom stereocenters. The number of carbonyl (C=O) groups is 1. The molecule has 1 aromatic carbocycles. The van der Waals surface area contributed by atoms with Crippen molar-refractivity contribution in [2.24, 2.45) is 0 Å². The van der Waals surface area contributed by atoms with Crippen LogP contribution in [0.4, 0.5) is 25.0 Å². The molecule has 36 heavy (non-hydrogen) atoms. The van der Waals surface area contributed by atoms with Crippen LogP contribution >= 0.6 is 0 Å². The standard InChI is InChI=1S/C25H23F2N5O4/c1-4-31-22-14(11-28-24-16(22)9-15(29-24)13-30-8-6-5-7-19(30)33)12-32(25(31)34)23-20(26)17(35-2)10-18(36-3)21(23)27/h5-11H,4,12-13H2,1-3H3,(H,28,29). The number of carbonyl (C=O) groups excluding carboxylic acids is 1. The quantitative estimate of drug-likeness (QED) is 0.436. The van der Waals surface area contributed by atoms with Gasteiger partial charge in [-0.05, 0) is 19.1 Å². The number of benzene rings is 1. The summed E-state index contributed by atoms with van der Waals surface area (Å²) in [6, 6.07) is 7.23. The van der Waals surface area contributed by atoms with Crippen LogP contribution in [0.25, 0.3) is 11.0 Å². The van der Waals surface area contributed by atoms with Crippen molar-refractivity contribution in [1.29, 1.82) is 0 Å². The van der Waals surface area contributed by atoms with Gasteiger partial charge >= 0.3 is 6.03 Å². The Balaban J connectivity index is 1.61. The predicted molar refractivity (Wildman–Crippen MR) is 130 cm³/mol. The molecule has 0 saturated heterocycles. The Labute approximate surface area is 204 Å². The number of hydrogen-bond acceptors (Lipinski definition) is 5. The molecule has 0 fully saturated rings. The Kier molecular flexibility index (Phi) is 5.83. The Morgan fingerprint density at radius 2 is 1.78 bits per heavy atom. The van der Waals surface area contributed by atoms with Crippen LogP contribution in [0.5, 0.6) is 11.5 Å². The number of rotatable bonds is 6. The van der Waals surface area contributed by atoms with Crippen molar-refractivity contribution in [3.8, 4) is 11.5 Å². The van der Waals surface area contributed by atoms with E-state index < -0.39 is 23.4 Å². The zero-order valence-corrected chi connectivity index (χ0v) is 19.8. The minimum absolute atomic E-state index is 0.115. The summed E-state index contributed by atoms with van der Waals surface area (Å²) in [6.07, 6.45) is 3.25. The molecule has 0 bridgehead atoms. The second-order valence-corrected chi connectivity index (χ2v) is 8.23. The van der Waals surface area contributed by atoms with E-state index in [1.807, 2.05) is 6.07 Å². The maximum atomic E-state index is 15.2. The molecule has 1 N–H and O–H groups in total. The third-order valence-corrected chi connectivity index (χ3v) is 6.20. The van der Waals surface area contributed by atoms with E-state index in [-0.39, 0.29) is 36.7 Å². The lowest BCUT2D eigenvalue weighted by molar-refractivity contribution is 0.249. The van der Waals surface area contributed by atoms with Crippen LogP contribution in [-0.4, -0.2) is 41.3 Å². The number of nitrogens with zero attached hydrogens (tertiary/aromatic N) is 4. The second-order valence-electron chi connectivity index (χ2n) is 8.23. The third-order valence-electron chi connectivity index (χ3n) is 6.20. The highest BCUT2D eigenvalue weighted by atomic mass is 19.1. The molecule has 1 aliphatic rings. The Morgan fingerprint density at radius 1 is 1.06 bits per heavy atom. The topological polar surface area (TPSA) is 92.7 Å². The number of H-pyrrole nitrogens is 1. The van der Waals surface area contributed by atoms with Crippen molar-refractivity contribution in [3.63, 3.8) is 0 Å². The van der Waals surface area contributed by atoms with E-state index in [0.717, 1.165) is 16.7 Å². The van der Waals surface area contributed by atoms with Crippen LogP contribution in [0.1, 0.15) is 18.2 Å². The molecule has 0 radical (unpaired) electrons. The summed E-state index contributed by atoms with van der Waals surface area (Å²) < 4.78 is 42.1. The number of anilines is 2. The molecular formula is C25H23F2N5O4. The maximum absolute atomic E-state index is 15.2. The van der Waals surface area contributed by atoms with Crippen LogP contribution < -0.4 is 24.8 Å². The Morgan fingerprint density at radius 3 is 2.42 bits per heavy atom. The molecule has 0 saturated carbocycles. The number of pyridine rings is 2. The highest BCUT2D eigenvalue weighted by Gasteiger charge is 2.37. The summed E-state index contributed by atoms with van der Waals surface area (Å²) >= 11 is 0. The number of ether oxygens (including phenoxy) is 2. The molecule has 5 rings (SSSR count). The van der Waals surface area contributed by atoms with Crippen LogP contribution in [-0.2, 0) is 13.1 Å². The lowest BCUT2D eigenvalue weighted by Gasteiger charge is -2.37.